The van der Waals surface area contributed by atoms with Crippen LogP contribution in [0.15, 0.2) is 72.8 Å². The lowest BCUT2D eigenvalue weighted by molar-refractivity contribution is -0.139. The maximum Gasteiger partial charge on any atom is 0.295 e. The van der Waals surface area contributed by atoms with Crippen LogP contribution < -0.4 is 0 Å². The largest absolute Gasteiger partial charge is 0.507 e. The number of Topliss-reactive ketones (excluding diaryl/α,β-unsaturated/α-hetero) is 1. The number of aliphatic hydroxyl groups is 1. The molecule has 0 bridgehead atoms. The highest BCUT2D eigenvalue weighted by Crippen LogP contribution is 2.39. The smallest absolute Gasteiger partial charge is 0.295 e. The number of hydrogen-bond donors (Lipinski definition) is 1. The van der Waals surface area contributed by atoms with E-state index in [2.05, 4.69) is 6.58 Å². The number of amides is 1. The zero-order valence-electron chi connectivity index (χ0n) is 13.4. The van der Waals surface area contributed by atoms with Crippen LogP contribution in [0.5, 0.6) is 0 Å². The molecule has 0 radical (unpaired) electrons. The van der Waals surface area contributed by atoms with Crippen molar-refractivity contribution in [2.24, 2.45) is 0 Å². The minimum atomic E-state index is -0.867. The van der Waals surface area contributed by atoms with Crippen molar-refractivity contribution in [2.75, 3.05) is 6.54 Å². The summed E-state index contributed by atoms with van der Waals surface area (Å²) in [5.41, 5.74) is 0.780. The molecule has 126 valence electrons. The van der Waals surface area contributed by atoms with Crippen molar-refractivity contribution in [3.05, 3.63) is 89.8 Å². The van der Waals surface area contributed by atoms with Gasteiger partial charge in [0, 0.05) is 12.1 Å². The third kappa shape index (κ3) is 2.96. The number of carbonyl (C=O) groups is 2. The first kappa shape index (κ1) is 16.6. The molecule has 0 aromatic heterocycles. The van der Waals surface area contributed by atoms with Gasteiger partial charge in [-0.1, -0.05) is 48.5 Å². The highest BCUT2D eigenvalue weighted by molar-refractivity contribution is 6.46. The molecular weight excluding hydrogens is 321 g/mol. The summed E-state index contributed by atoms with van der Waals surface area (Å²) in [6, 6.07) is 13.3. The first-order chi connectivity index (χ1) is 12.0. The average Bonchev–Trinajstić information content (AvgIpc) is 2.87. The van der Waals surface area contributed by atoms with E-state index in [1.807, 2.05) is 0 Å². The van der Waals surface area contributed by atoms with Crippen molar-refractivity contribution in [3.63, 3.8) is 0 Å². The molecule has 25 heavy (non-hydrogen) atoms. The van der Waals surface area contributed by atoms with E-state index in [-0.39, 0.29) is 17.9 Å². The van der Waals surface area contributed by atoms with E-state index < -0.39 is 23.5 Å². The molecule has 5 heteroatoms. The molecule has 0 saturated carbocycles. The van der Waals surface area contributed by atoms with Gasteiger partial charge >= 0.3 is 0 Å². The van der Waals surface area contributed by atoms with Crippen molar-refractivity contribution in [1.82, 2.24) is 4.90 Å². The molecule has 4 nitrogen and oxygen atoms in total. The Morgan fingerprint density at radius 3 is 2.52 bits per heavy atom. The number of halogens is 1. The minimum absolute atomic E-state index is 0.0522. The van der Waals surface area contributed by atoms with Crippen molar-refractivity contribution in [2.45, 2.75) is 6.04 Å². The summed E-state index contributed by atoms with van der Waals surface area (Å²) in [7, 11) is 0. The minimum Gasteiger partial charge on any atom is -0.507 e. The van der Waals surface area contributed by atoms with Crippen LogP contribution in [0.2, 0.25) is 0 Å². The maximum absolute atomic E-state index is 13.7. The molecule has 2 aromatic rings. The molecule has 1 aliphatic rings. The Balaban J connectivity index is 2.21. The third-order valence-corrected chi connectivity index (χ3v) is 4.08. The van der Waals surface area contributed by atoms with Gasteiger partial charge in [0.15, 0.2) is 0 Å². The van der Waals surface area contributed by atoms with Crippen LogP contribution in [-0.2, 0) is 9.59 Å². The van der Waals surface area contributed by atoms with E-state index in [0.29, 0.717) is 11.1 Å². The highest BCUT2D eigenvalue weighted by atomic mass is 19.1. The monoisotopic (exact) mass is 337 g/mol. The summed E-state index contributed by atoms with van der Waals surface area (Å²) in [4.78, 5) is 26.2. The molecule has 1 N–H and O–H groups in total. The quantitative estimate of drug-likeness (QED) is 0.402. The van der Waals surface area contributed by atoms with Gasteiger partial charge in [-0.3, -0.25) is 9.59 Å². The predicted octanol–water partition coefficient (Wildman–Crippen LogP) is 3.43. The third-order valence-electron chi connectivity index (χ3n) is 4.08. The Morgan fingerprint density at radius 1 is 1.16 bits per heavy atom. The van der Waals surface area contributed by atoms with Gasteiger partial charge in [-0.05, 0) is 17.7 Å². The van der Waals surface area contributed by atoms with Crippen LogP contribution in [0.1, 0.15) is 17.2 Å². The van der Waals surface area contributed by atoms with Crippen LogP contribution in [0.4, 0.5) is 4.39 Å². The predicted molar refractivity (Wildman–Crippen MR) is 92.0 cm³/mol. The van der Waals surface area contributed by atoms with Crippen LogP contribution in [-0.4, -0.2) is 28.2 Å². The van der Waals surface area contributed by atoms with E-state index in [1.165, 1.54) is 29.2 Å². The van der Waals surface area contributed by atoms with Crippen molar-refractivity contribution in [1.29, 1.82) is 0 Å². The molecule has 1 amide bonds. The number of nitrogens with zero attached hydrogens (tertiary/aromatic N) is 1. The number of likely N-dealkylation sites (tertiary alicyclic amines) is 1. The van der Waals surface area contributed by atoms with Gasteiger partial charge < -0.3 is 10.0 Å². The average molecular weight is 337 g/mol. The SMILES string of the molecule is C=CCN1C(=O)C(=O)/C(=C(/O)c2ccccc2)[C@@H]1c1cccc(F)c1. The molecule has 1 atom stereocenters. The van der Waals surface area contributed by atoms with Gasteiger partial charge in [-0.2, -0.15) is 0 Å². The van der Waals surface area contributed by atoms with E-state index in [9.17, 15) is 19.1 Å². The molecular formula is C20H16FNO3. The number of aliphatic hydroxyl groups excluding tert-OH is 1. The van der Waals surface area contributed by atoms with Crippen molar-refractivity contribution < 1.29 is 19.1 Å². The molecule has 1 heterocycles. The van der Waals surface area contributed by atoms with Crippen molar-refractivity contribution >= 4 is 17.4 Å². The standard InChI is InChI=1S/C20H16FNO3/c1-2-11-22-17(14-9-6-10-15(21)12-14)16(19(24)20(22)25)18(23)13-7-4-3-5-8-13/h2-10,12,17,23H,1,11H2/b18-16+/t17-/m0/s1. The van der Waals surface area contributed by atoms with Gasteiger partial charge in [0.1, 0.15) is 11.6 Å². The molecule has 3 rings (SSSR count). The zero-order valence-corrected chi connectivity index (χ0v) is 13.4. The van der Waals surface area contributed by atoms with Crippen LogP contribution >= 0.6 is 0 Å². The summed E-state index contributed by atoms with van der Waals surface area (Å²) in [5, 5.41) is 10.7. The van der Waals surface area contributed by atoms with Crippen LogP contribution in [0, 0.1) is 5.82 Å². The van der Waals surface area contributed by atoms with Crippen LogP contribution in [0.3, 0.4) is 0 Å². The summed E-state index contributed by atoms with van der Waals surface area (Å²) < 4.78 is 13.7. The van der Waals surface area contributed by atoms with Gasteiger partial charge in [0.2, 0.25) is 0 Å². The van der Waals surface area contributed by atoms with Gasteiger partial charge in [0.25, 0.3) is 11.7 Å². The lowest BCUT2D eigenvalue weighted by atomic mass is 9.95. The first-order valence-corrected chi connectivity index (χ1v) is 7.74. The Morgan fingerprint density at radius 2 is 1.88 bits per heavy atom. The molecule has 1 saturated heterocycles. The Labute approximate surface area is 144 Å². The second kappa shape index (κ2) is 6.73. The fourth-order valence-electron chi connectivity index (χ4n) is 2.98. The second-order valence-corrected chi connectivity index (χ2v) is 5.66. The number of hydrogen-bond acceptors (Lipinski definition) is 3. The molecule has 1 fully saturated rings. The fraction of sp³-hybridized carbons (Fsp3) is 0.100. The van der Waals surface area contributed by atoms with Crippen molar-refractivity contribution in [3.8, 4) is 0 Å². The molecule has 1 aliphatic heterocycles. The normalized spacial score (nSPS) is 19.2. The summed E-state index contributed by atoms with van der Waals surface area (Å²) in [6.45, 7) is 3.71. The molecule has 2 aromatic carbocycles. The maximum atomic E-state index is 13.7. The van der Waals surface area contributed by atoms with E-state index in [0.717, 1.165) is 0 Å². The number of rotatable bonds is 4. The van der Waals surface area contributed by atoms with E-state index in [1.54, 1.807) is 36.4 Å². The Bertz CT molecular complexity index is 874. The Hall–Kier alpha value is -3.21. The Kier molecular flexibility index (Phi) is 4.48. The second-order valence-electron chi connectivity index (χ2n) is 5.66. The first-order valence-electron chi connectivity index (χ1n) is 7.74. The summed E-state index contributed by atoms with van der Waals surface area (Å²) in [6.07, 6.45) is 1.49. The summed E-state index contributed by atoms with van der Waals surface area (Å²) >= 11 is 0. The highest BCUT2D eigenvalue weighted by Gasteiger charge is 2.45. The lowest BCUT2D eigenvalue weighted by Gasteiger charge is -2.24. The van der Waals surface area contributed by atoms with E-state index in [4.69, 9.17) is 0 Å². The molecule has 0 unspecified atom stereocenters. The van der Waals surface area contributed by atoms with E-state index >= 15 is 0 Å². The number of ketones is 1. The van der Waals surface area contributed by atoms with Gasteiger partial charge in [0.05, 0.1) is 11.6 Å². The molecule has 0 spiro atoms. The fourth-order valence-corrected chi connectivity index (χ4v) is 2.98. The van der Waals surface area contributed by atoms with Crippen LogP contribution in [0.25, 0.3) is 5.76 Å². The number of benzene rings is 2. The summed E-state index contributed by atoms with van der Waals surface area (Å²) in [5.74, 6) is -2.30. The van der Waals surface area contributed by atoms with Gasteiger partial charge in [-0.15, -0.1) is 6.58 Å². The van der Waals surface area contributed by atoms with Gasteiger partial charge in [-0.25, -0.2) is 4.39 Å². The number of carbonyl (C=O) groups excluding carboxylic acids is 2. The lowest BCUT2D eigenvalue weighted by Crippen LogP contribution is -2.29. The topological polar surface area (TPSA) is 57.6 Å². The molecule has 0 aliphatic carbocycles. The zero-order chi connectivity index (χ0) is 18.0.